The SMILES string of the molecule is CN=CC=C(N)c1cc(C(=O)Nc2cnc(CSC)nc2-c2ccccc2)c(F)cc1C(F)(F)F. The lowest BCUT2D eigenvalue weighted by Crippen LogP contribution is -2.19. The Bertz CT molecular complexity index is 1280. The van der Waals surface area contributed by atoms with Crippen molar-refractivity contribution in [2.45, 2.75) is 11.9 Å². The number of hydrogen-bond donors (Lipinski definition) is 2. The van der Waals surface area contributed by atoms with Gasteiger partial charge in [0.25, 0.3) is 5.91 Å². The Morgan fingerprint density at radius 1 is 1.20 bits per heavy atom. The molecule has 0 aliphatic carbocycles. The molecule has 3 rings (SSSR count). The number of carbonyl (C=O) groups is 1. The molecule has 11 heteroatoms. The quantitative estimate of drug-likeness (QED) is 0.332. The summed E-state index contributed by atoms with van der Waals surface area (Å²) in [5, 5.41) is 2.52. The molecular formula is C24H21F4N5OS. The molecule has 0 bridgehead atoms. The molecule has 2 aromatic carbocycles. The molecule has 1 aromatic heterocycles. The number of thioether (sulfide) groups is 1. The second kappa shape index (κ2) is 11.1. The summed E-state index contributed by atoms with van der Waals surface area (Å²) >= 11 is 1.51. The number of aliphatic imine (C=N–C) groups is 1. The van der Waals surface area contributed by atoms with Gasteiger partial charge in [0.2, 0.25) is 0 Å². The standard InChI is InChI=1S/C24H21F4N5OS/c1-30-9-8-19(29)15-10-16(18(25)11-17(15)24(26,27)28)23(34)32-20-12-31-21(13-35-2)33-22(20)14-6-4-3-5-7-14/h3-12H,13,29H2,1-2H3,(H,32,34). The van der Waals surface area contributed by atoms with Crippen LogP contribution in [0.15, 0.2) is 59.7 Å². The van der Waals surface area contributed by atoms with Crippen LogP contribution in [0.5, 0.6) is 0 Å². The van der Waals surface area contributed by atoms with Crippen LogP contribution in [0.4, 0.5) is 23.2 Å². The number of allylic oxidation sites excluding steroid dienone is 1. The number of alkyl halides is 3. The maximum atomic E-state index is 14.7. The van der Waals surface area contributed by atoms with Crippen molar-refractivity contribution in [3.63, 3.8) is 0 Å². The summed E-state index contributed by atoms with van der Waals surface area (Å²) in [4.78, 5) is 25.4. The van der Waals surface area contributed by atoms with Crippen LogP contribution in [0, 0.1) is 5.82 Å². The van der Waals surface area contributed by atoms with Gasteiger partial charge in [-0.15, -0.1) is 0 Å². The molecule has 0 spiro atoms. The Morgan fingerprint density at radius 3 is 2.54 bits per heavy atom. The first-order valence-electron chi connectivity index (χ1n) is 10.2. The van der Waals surface area contributed by atoms with Crippen LogP contribution < -0.4 is 11.1 Å². The van der Waals surface area contributed by atoms with Gasteiger partial charge in [-0.2, -0.15) is 24.9 Å². The van der Waals surface area contributed by atoms with E-state index in [0.717, 1.165) is 12.1 Å². The van der Waals surface area contributed by atoms with Crippen molar-refractivity contribution in [1.82, 2.24) is 9.97 Å². The number of benzene rings is 2. The largest absolute Gasteiger partial charge is 0.417 e. The van der Waals surface area contributed by atoms with Crippen molar-refractivity contribution < 1.29 is 22.4 Å². The highest BCUT2D eigenvalue weighted by molar-refractivity contribution is 7.97. The molecular weight excluding hydrogens is 482 g/mol. The van der Waals surface area contributed by atoms with E-state index in [9.17, 15) is 22.4 Å². The number of nitrogens with zero attached hydrogens (tertiary/aromatic N) is 3. The first-order valence-corrected chi connectivity index (χ1v) is 11.6. The van der Waals surface area contributed by atoms with Gasteiger partial charge in [-0.1, -0.05) is 30.3 Å². The van der Waals surface area contributed by atoms with Gasteiger partial charge >= 0.3 is 6.18 Å². The van der Waals surface area contributed by atoms with Gasteiger partial charge in [-0.3, -0.25) is 9.79 Å². The summed E-state index contributed by atoms with van der Waals surface area (Å²) in [6, 6.07) is 9.96. The topological polar surface area (TPSA) is 93.3 Å². The van der Waals surface area contributed by atoms with E-state index < -0.39 is 34.6 Å². The Morgan fingerprint density at radius 2 is 1.91 bits per heavy atom. The minimum atomic E-state index is -4.89. The lowest BCUT2D eigenvalue weighted by atomic mass is 9.99. The normalized spacial score (nSPS) is 12.2. The first kappa shape index (κ1) is 25.9. The molecule has 0 aliphatic rings. The van der Waals surface area contributed by atoms with Crippen molar-refractivity contribution in [1.29, 1.82) is 0 Å². The lowest BCUT2D eigenvalue weighted by Gasteiger charge is -2.16. The number of nitrogens with two attached hydrogens (primary N) is 1. The Hall–Kier alpha value is -3.73. The van der Waals surface area contributed by atoms with Gasteiger partial charge in [-0.05, 0) is 24.5 Å². The zero-order chi connectivity index (χ0) is 25.6. The van der Waals surface area contributed by atoms with Crippen molar-refractivity contribution in [3.8, 4) is 11.3 Å². The summed E-state index contributed by atoms with van der Waals surface area (Å²) < 4.78 is 55.3. The summed E-state index contributed by atoms with van der Waals surface area (Å²) in [6.45, 7) is 0. The van der Waals surface area contributed by atoms with E-state index >= 15 is 0 Å². The highest BCUT2D eigenvalue weighted by Crippen LogP contribution is 2.36. The van der Waals surface area contributed by atoms with E-state index in [4.69, 9.17) is 5.73 Å². The molecule has 182 valence electrons. The minimum absolute atomic E-state index is 0.175. The molecule has 0 unspecified atom stereocenters. The van der Waals surface area contributed by atoms with Crippen LogP contribution in [-0.4, -0.2) is 35.4 Å². The van der Waals surface area contributed by atoms with Crippen LogP contribution in [0.3, 0.4) is 0 Å². The summed E-state index contributed by atoms with van der Waals surface area (Å²) in [6.07, 6.45) is 0.703. The number of halogens is 4. The number of carbonyl (C=O) groups excluding carboxylic acids is 1. The van der Waals surface area contributed by atoms with Crippen molar-refractivity contribution in [2.75, 3.05) is 18.6 Å². The predicted molar refractivity (Wildman–Crippen MR) is 131 cm³/mol. The maximum absolute atomic E-state index is 14.7. The highest BCUT2D eigenvalue weighted by atomic mass is 32.2. The lowest BCUT2D eigenvalue weighted by molar-refractivity contribution is -0.138. The number of anilines is 1. The van der Waals surface area contributed by atoms with E-state index in [1.54, 1.807) is 24.3 Å². The molecule has 1 heterocycles. The smallest absolute Gasteiger partial charge is 0.398 e. The number of aromatic nitrogens is 2. The molecule has 3 N–H and O–H groups in total. The number of hydrogen-bond acceptors (Lipinski definition) is 6. The molecule has 0 atom stereocenters. The van der Waals surface area contributed by atoms with Gasteiger partial charge in [0.1, 0.15) is 11.6 Å². The Balaban J connectivity index is 2.07. The fraction of sp³-hybridized carbons (Fsp3) is 0.167. The average molecular weight is 504 g/mol. The maximum Gasteiger partial charge on any atom is 0.417 e. The van der Waals surface area contributed by atoms with Crippen LogP contribution in [-0.2, 0) is 11.9 Å². The monoisotopic (exact) mass is 503 g/mol. The fourth-order valence-corrected chi connectivity index (χ4v) is 3.58. The summed E-state index contributed by atoms with van der Waals surface area (Å²) in [5.41, 5.74) is 4.23. The van der Waals surface area contributed by atoms with E-state index in [-0.39, 0.29) is 17.5 Å². The third kappa shape index (κ3) is 6.24. The number of amides is 1. The van der Waals surface area contributed by atoms with Gasteiger partial charge in [0, 0.05) is 30.1 Å². The first-order chi connectivity index (χ1) is 16.7. The molecule has 3 aromatic rings. The average Bonchev–Trinajstić information content (AvgIpc) is 2.83. The Labute approximate surface area is 203 Å². The second-order valence-corrected chi connectivity index (χ2v) is 8.07. The molecule has 6 nitrogen and oxygen atoms in total. The van der Waals surface area contributed by atoms with Crippen LogP contribution in [0.2, 0.25) is 0 Å². The number of rotatable bonds is 7. The van der Waals surface area contributed by atoms with Gasteiger partial charge < -0.3 is 11.1 Å². The van der Waals surface area contributed by atoms with Crippen molar-refractivity contribution in [2.24, 2.45) is 10.7 Å². The van der Waals surface area contributed by atoms with Gasteiger partial charge in [-0.25, -0.2) is 14.4 Å². The predicted octanol–water partition coefficient (Wildman–Crippen LogP) is 5.42. The highest BCUT2D eigenvalue weighted by Gasteiger charge is 2.36. The zero-order valence-electron chi connectivity index (χ0n) is 18.7. The zero-order valence-corrected chi connectivity index (χ0v) is 19.5. The Kier molecular flexibility index (Phi) is 8.23. The van der Waals surface area contributed by atoms with Crippen LogP contribution in [0.25, 0.3) is 17.0 Å². The molecule has 0 radical (unpaired) electrons. The van der Waals surface area contributed by atoms with Crippen molar-refractivity contribution in [3.05, 3.63) is 83.1 Å². The summed E-state index contributed by atoms with van der Waals surface area (Å²) in [5.74, 6) is -1.28. The molecule has 0 fully saturated rings. The molecule has 0 aliphatic heterocycles. The van der Waals surface area contributed by atoms with E-state index in [1.165, 1.54) is 31.2 Å². The van der Waals surface area contributed by atoms with Crippen LogP contribution >= 0.6 is 11.8 Å². The summed E-state index contributed by atoms with van der Waals surface area (Å²) in [7, 11) is 1.41. The number of nitrogens with one attached hydrogen (secondary N) is 1. The minimum Gasteiger partial charge on any atom is -0.398 e. The van der Waals surface area contributed by atoms with E-state index in [2.05, 4.69) is 20.3 Å². The van der Waals surface area contributed by atoms with Gasteiger partial charge in [0.05, 0.1) is 34.5 Å². The van der Waals surface area contributed by atoms with E-state index in [0.29, 0.717) is 22.8 Å². The van der Waals surface area contributed by atoms with Gasteiger partial charge in [0.15, 0.2) is 0 Å². The van der Waals surface area contributed by atoms with Crippen LogP contribution in [0.1, 0.15) is 27.3 Å². The third-order valence-electron chi connectivity index (χ3n) is 4.78. The second-order valence-electron chi connectivity index (χ2n) is 7.21. The fourth-order valence-electron chi connectivity index (χ4n) is 3.18. The molecule has 1 amide bonds. The third-order valence-corrected chi connectivity index (χ3v) is 5.33. The molecule has 0 saturated heterocycles. The molecule has 35 heavy (non-hydrogen) atoms. The van der Waals surface area contributed by atoms with E-state index in [1.807, 2.05) is 12.3 Å². The van der Waals surface area contributed by atoms with Crippen molar-refractivity contribution >= 4 is 35.3 Å². The molecule has 0 saturated carbocycles.